The summed E-state index contributed by atoms with van der Waals surface area (Å²) < 4.78 is 5.10. The molecule has 1 saturated heterocycles. The number of nitrogens with zero attached hydrogens (tertiary/aromatic N) is 1. The highest BCUT2D eigenvalue weighted by Gasteiger charge is 2.36. The summed E-state index contributed by atoms with van der Waals surface area (Å²) in [6, 6.07) is 7.96. The average Bonchev–Trinajstić information content (AvgIpc) is 2.97. The SMILES string of the molecule is CC[C@H](C)c1ccc(NC(=O)[C@@H]2CC(=O)N([C@H](C)COC)C2)cc1. The largest absolute Gasteiger partial charge is 0.383 e. The molecular formula is C19H28N2O3. The van der Waals surface area contributed by atoms with Crippen molar-refractivity contribution in [3.63, 3.8) is 0 Å². The molecule has 2 rings (SSSR count). The number of hydrogen-bond donors (Lipinski definition) is 1. The van der Waals surface area contributed by atoms with E-state index in [1.54, 1.807) is 12.0 Å². The molecule has 1 aliphatic rings. The Balaban J connectivity index is 1.94. The molecule has 24 heavy (non-hydrogen) atoms. The first-order chi connectivity index (χ1) is 11.5. The Bertz CT molecular complexity index is 570. The molecule has 1 heterocycles. The van der Waals surface area contributed by atoms with Crippen molar-refractivity contribution in [3.8, 4) is 0 Å². The number of carbonyl (C=O) groups excluding carboxylic acids is 2. The molecule has 1 N–H and O–H groups in total. The maximum atomic E-state index is 12.4. The van der Waals surface area contributed by atoms with Crippen LogP contribution in [0.5, 0.6) is 0 Å². The molecule has 1 fully saturated rings. The van der Waals surface area contributed by atoms with Crippen molar-refractivity contribution < 1.29 is 14.3 Å². The molecule has 2 amide bonds. The van der Waals surface area contributed by atoms with Crippen molar-refractivity contribution in [1.82, 2.24) is 4.90 Å². The lowest BCUT2D eigenvalue weighted by Crippen LogP contribution is -2.38. The third kappa shape index (κ3) is 4.35. The van der Waals surface area contributed by atoms with Crippen molar-refractivity contribution >= 4 is 17.5 Å². The highest BCUT2D eigenvalue weighted by Crippen LogP contribution is 2.24. The van der Waals surface area contributed by atoms with Crippen LogP contribution in [0.1, 0.15) is 45.1 Å². The zero-order valence-electron chi connectivity index (χ0n) is 15.0. The van der Waals surface area contributed by atoms with Crippen LogP contribution in [0.3, 0.4) is 0 Å². The molecule has 1 aliphatic heterocycles. The van der Waals surface area contributed by atoms with Crippen molar-refractivity contribution in [1.29, 1.82) is 0 Å². The summed E-state index contributed by atoms with van der Waals surface area (Å²) in [4.78, 5) is 26.3. The second-order valence-corrected chi connectivity index (χ2v) is 6.67. The van der Waals surface area contributed by atoms with Gasteiger partial charge in [-0.3, -0.25) is 9.59 Å². The summed E-state index contributed by atoms with van der Waals surface area (Å²) in [6.45, 7) is 7.23. The molecule has 0 saturated carbocycles. The fourth-order valence-electron chi connectivity index (χ4n) is 3.04. The number of nitrogens with one attached hydrogen (secondary N) is 1. The lowest BCUT2D eigenvalue weighted by Gasteiger charge is -2.23. The van der Waals surface area contributed by atoms with Crippen LogP contribution in [0.25, 0.3) is 0 Å². The molecule has 0 bridgehead atoms. The predicted octanol–water partition coefficient (Wildman–Crippen LogP) is 3.02. The van der Waals surface area contributed by atoms with Gasteiger partial charge in [0.15, 0.2) is 0 Å². The highest BCUT2D eigenvalue weighted by molar-refractivity contribution is 5.97. The molecule has 1 aromatic carbocycles. The van der Waals surface area contributed by atoms with Crippen LogP contribution >= 0.6 is 0 Å². The molecule has 0 aliphatic carbocycles. The zero-order valence-corrected chi connectivity index (χ0v) is 15.0. The summed E-state index contributed by atoms with van der Waals surface area (Å²) >= 11 is 0. The third-order valence-corrected chi connectivity index (χ3v) is 4.83. The van der Waals surface area contributed by atoms with Gasteiger partial charge in [-0.15, -0.1) is 0 Å². The van der Waals surface area contributed by atoms with E-state index in [2.05, 4.69) is 31.3 Å². The summed E-state index contributed by atoms with van der Waals surface area (Å²) in [5.41, 5.74) is 2.05. The van der Waals surface area contributed by atoms with Gasteiger partial charge in [0.05, 0.1) is 18.6 Å². The Morgan fingerprint density at radius 3 is 2.58 bits per heavy atom. The van der Waals surface area contributed by atoms with E-state index in [0.717, 1.165) is 12.1 Å². The predicted molar refractivity (Wildman–Crippen MR) is 94.9 cm³/mol. The van der Waals surface area contributed by atoms with Gasteiger partial charge in [0.2, 0.25) is 11.8 Å². The van der Waals surface area contributed by atoms with Gasteiger partial charge >= 0.3 is 0 Å². The van der Waals surface area contributed by atoms with E-state index in [4.69, 9.17) is 4.74 Å². The number of methoxy groups -OCH3 is 1. The molecule has 3 atom stereocenters. The fourth-order valence-corrected chi connectivity index (χ4v) is 3.04. The Labute approximate surface area is 144 Å². The second kappa shape index (κ2) is 8.29. The van der Waals surface area contributed by atoms with E-state index in [0.29, 0.717) is 19.1 Å². The Kier molecular flexibility index (Phi) is 6.37. The Morgan fingerprint density at radius 1 is 1.33 bits per heavy atom. The first-order valence-electron chi connectivity index (χ1n) is 8.65. The summed E-state index contributed by atoms with van der Waals surface area (Å²) in [5.74, 6) is 0.141. The first kappa shape index (κ1) is 18.5. The van der Waals surface area contributed by atoms with Gasteiger partial charge in [0, 0.05) is 25.8 Å². The quantitative estimate of drug-likeness (QED) is 0.835. The highest BCUT2D eigenvalue weighted by atomic mass is 16.5. The van der Waals surface area contributed by atoms with Crippen molar-refractivity contribution in [3.05, 3.63) is 29.8 Å². The number of anilines is 1. The minimum atomic E-state index is -0.300. The van der Waals surface area contributed by atoms with Gasteiger partial charge in [0.1, 0.15) is 0 Å². The molecule has 1 aromatic rings. The number of hydrogen-bond acceptors (Lipinski definition) is 3. The van der Waals surface area contributed by atoms with Crippen LogP contribution in [-0.2, 0) is 14.3 Å². The van der Waals surface area contributed by atoms with Gasteiger partial charge in [-0.2, -0.15) is 0 Å². The van der Waals surface area contributed by atoms with Gasteiger partial charge in [-0.1, -0.05) is 26.0 Å². The van der Waals surface area contributed by atoms with Crippen molar-refractivity contribution in [2.24, 2.45) is 5.92 Å². The molecule has 0 radical (unpaired) electrons. The molecule has 5 nitrogen and oxygen atoms in total. The van der Waals surface area contributed by atoms with Crippen LogP contribution < -0.4 is 5.32 Å². The van der Waals surface area contributed by atoms with Gasteiger partial charge in [0.25, 0.3) is 0 Å². The molecule has 0 spiro atoms. The first-order valence-corrected chi connectivity index (χ1v) is 8.65. The zero-order chi connectivity index (χ0) is 17.7. The second-order valence-electron chi connectivity index (χ2n) is 6.67. The number of likely N-dealkylation sites (tertiary alicyclic amines) is 1. The summed E-state index contributed by atoms with van der Waals surface area (Å²) in [7, 11) is 1.62. The molecule has 5 heteroatoms. The lowest BCUT2D eigenvalue weighted by atomic mass is 9.98. The summed E-state index contributed by atoms with van der Waals surface area (Å²) in [5, 5.41) is 2.93. The maximum absolute atomic E-state index is 12.4. The molecule has 132 valence electrons. The van der Waals surface area contributed by atoms with E-state index in [-0.39, 0.29) is 30.2 Å². The van der Waals surface area contributed by atoms with E-state index >= 15 is 0 Å². The van der Waals surface area contributed by atoms with Crippen LogP contribution in [0.2, 0.25) is 0 Å². The molecule has 0 aromatic heterocycles. The van der Waals surface area contributed by atoms with Crippen molar-refractivity contribution in [2.75, 3.05) is 25.6 Å². The maximum Gasteiger partial charge on any atom is 0.229 e. The molecular weight excluding hydrogens is 304 g/mol. The minimum Gasteiger partial charge on any atom is -0.383 e. The van der Waals surface area contributed by atoms with E-state index in [1.807, 2.05) is 19.1 Å². The average molecular weight is 332 g/mol. The van der Waals surface area contributed by atoms with E-state index in [1.165, 1.54) is 5.56 Å². The third-order valence-electron chi connectivity index (χ3n) is 4.83. The van der Waals surface area contributed by atoms with Crippen LogP contribution in [-0.4, -0.2) is 43.0 Å². The number of rotatable bonds is 7. The van der Waals surface area contributed by atoms with E-state index in [9.17, 15) is 9.59 Å². The lowest BCUT2D eigenvalue weighted by molar-refractivity contribution is -0.130. The fraction of sp³-hybridized carbons (Fsp3) is 0.579. The monoisotopic (exact) mass is 332 g/mol. The standard InChI is InChI=1S/C19H28N2O3/c1-5-13(2)15-6-8-17(9-7-15)20-19(23)16-10-18(22)21(11-16)14(3)12-24-4/h6-9,13-14,16H,5,10-12H2,1-4H3,(H,20,23)/t13-,14+,16+/m0/s1. The topological polar surface area (TPSA) is 58.6 Å². The van der Waals surface area contributed by atoms with E-state index < -0.39 is 0 Å². The van der Waals surface area contributed by atoms with Crippen LogP contribution in [0, 0.1) is 5.92 Å². The Morgan fingerprint density at radius 2 is 2.00 bits per heavy atom. The number of amides is 2. The Hall–Kier alpha value is -1.88. The molecule has 0 unspecified atom stereocenters. The number of carbonyl (C=O) groups is 2. The van der Waals surface area contributed by atoms with Crippen LogP contribution in [0.15, 0.2) is 24.3 Å². The summed E-state index contributed by atoms with van der Waals surface area (Å²) in [6.07, 6.45) is 1.36. The van der Waals surface area contributed by atoms with Crippen LogP contribution in [0.4, 0.5) is 5.69 Å². The minimum absolute atomic E-state index is 0.00452. The van der Waals surface area contributed by atoms with Gasteiger partial charge in [-0.05, 0) is 37.0 Å². The van der Waals surface area contributed by atoms with Gasteiger partial charge in [-0.25, -0.2) is 0 Å². The normalized spacial score (nSPS) is 20.1. The number of benzene rings is 1. The van der Waals surface area contributed by atoms with Crippen molar-refractivity contribution in [2.45, 2.75) is 45.6 Å². The smallest absolute Gasteiger partial charge is 0.229 e. The van der Waals surface area contributed by atoms with Gasteiger partial charge < -0.3 is 15.0 Å². The number of ether oxygens (including phenoxy) is 1.